The lowest BCUT2D eigenvalue weighted by atomic mass is 10.0. The monoisotopic (exact) mass is 224 g/mol. The first-order chi connectivity index (χ1) is 8.08. The molecule has 86 valence electrons. The van der Waals surface area contributed by atoms with E-state index in [-0.39, 0.29) is 5.56 Å². The van der Waals surface area contributed by atoms with E-state index in [1.807, 2.05) is 0 Å². The number of hydrogen-bond acceptors (Lipinski definition) is 5. The van der Waals surface area contributed by atoms with Crippen molar-refractivity contribution in [2.75, 3.05) is 7.11 Å². The first-order valence-corrected chi connectivity index (χ1v) is 4.68. The van der Waals surface area contributed by atoms with Gasteiger partial charge in [-0.1, -0.05) is 12.1 Å². The predicted octanol–water partition coefficient (Wildman–Crippen LogP) is 0.428. The summed E-state index contributed by atoms with van der Waals surface area (Å²) in [6.45, 7) is 0. The summed E-state index contributed by atoms with van der Waals surface area (Å²) in [5.41, 5.74) is 6.66. The fourth-order valence-electron chi connectivity index (χ4n) is 1.27. The summed E-state index contributed by atoms with van der Waals surface area (Å²) in [7, 11) is 1.27. The Labute approximate surface area is 94.3 Å². The van der Waals surface area contributed by atoms with Crippen molar-refractivity contribution in [2.45, 2.75) is 12.5 Å². The average molecular weight is 224 g/mol. The number of carbonyl (C=O) groups excluding carboxylic acids is 1. The minimum atomic E-state index is -0.728. The zero-order valence-electron chi connectivity index (χ0n) is 9.80. The third-order valence-corrected chi connectivity index (χ3v) is 2.15. The Hall–Kier alpha value is -1.88. The van der Waals surface area contributed by atoms with E-state index in [1.54, 1.807) is 12.1 Å². The number of carboxylic acid groups (broad SMARTS) is 1. The third kappa shape index (κ3) is 3.06. The van der Waals surface area contributed by atoms with Crippen LogP contribution < -0.4 is 5.73 Å². The zero-order valence-corrected chi connectivity index (χ0v) is 8.80. The minimum Gasteiger partial charge on any atom is -0.478 e. The van der Waals surface area contributed by atoms with E-state index in [2.05, 4.69) is 9.85 Å². The first-order valence-electron chi connectivity index (χ1n) is 5.09. The molecule has 3 N–H and O–H groups in total. The molecule has 1 rings (SSSR count). The Morgan fingerprint density at radius 1 is 1.50 bits per heavy atom. The molecule has 0 saturated heterocycles. The molecule has 0 bridgehead atoms. The summed E-state index contributed by atoms with van der Waals surface area (Å²) in [6.07, 6.45) is 0.322. The largest absolute Gasteiger partial charge is 0.478 e. The second kappa shape index (κ2) is 5.27. The number of rotatable bonds is 4. The molecule has 5 heteroatoms. The molecule has 16 heavy (non-hydrogen) atoms. The van der Waals surface area contributed by atoms with Gasteiger partial charge in [0.05, 0.1) is 12.7 Å². The zero-order chi connectivity index (χ0) is 12.8. The smallest absolute Gasteiger partial charge is 0.335 e. The van der Waals surface area contributed by atoms with Crippen LogP contribution in [-0.4, -0.2) is 30.2 Å². The number of esters is 1. The molecule has 1 atom stereocenters. The van der Waals surface area contributed by atoms with Crippen LogP contribution in [0.25, 0.3) is 1.43 Å². The van der Waals surface area contributed by atoms with Gasteiger partial charge < -0.3 is 15.6 Å². The molecule has 0 aliphatic heterocycles. The normalized spacial score (nSPS) is 12.5. The molecule has 0 amide bonds. The predicted molar refractivity (Wildman–Crippen MR) is 57.1 cm³/mol. The Balaban J connectivity index is 2.68. The molecule has 0 radical (unpaired) electrons. The summed E-state index contributed by atoms with van der Waals surface area (Å²) >= 11 is 0. The molecule has 0 aromatic heterocycles. The highest BCUT2D eigenvalue weighted by Crippen LogP contribution is 2.07. The van der Waals surface area contributed by atoms with E-state index in [1.165, 1.54) is 19.2 Å². The summed E-state index contributed by atoms with van der Waals surface area (Å²) in [6, 6.07) is 5.59. The van der Waals surface area contributed by atoms with Crippen LogP contribution in [0.1, 0.15) is 15.9 Å². The standard InChI is InChI=1S/C11H13NO4/c1-16-11(15)9(12)6-7-2-4-8(5-3-7)10(13)14/h2-5,9H,6,12H2,1H3,(H,13,14)/t9-/m0/s1/i/hD. The van der Waals surface area contributed by atoms with Crippen molar-refractivity contribution in [1.82, 2.24) is 0 Å². The highest BCUT2D eigenvalue weighted by Gasteiger charge is 2.14. The third-order valence-electron chi connectivity index (χ3n) is 2.15. The van der Waals surface area contributed by atoms with Crippen LogP contribution in [0.4, 0.5) is 0 Å². The highest BCUT2D eigenvalue weighted by molar-refractivity contribution is 5.87. The fourth-order valence-corrected chi connectivity index (χ4v) is 1.27. The van der Waals surface area contributed by atoms with Crippen molar-refractivity contribution < 1.29 is 19.4 Å². The lowest BCUT2D eigenvalue weighted by molar-refractivity contribution is -0.142. The molecule has 5 nitrogen and oxygen atoms in total. The van der Waals surface area contributed by atoms with Crippen LogP contribution in [0.3, 0.4) is 0 Å². The molecular formula is C11H13NO4. The maximum absolute atomic E-state index is 11.1. The Morgan fingerprint density at radius 3 is 2.62 bits per heavy atom. The van der Waals surface area contributed by atoms with Gasteiger partial charge in [-0.3, -0.25) is 4.79 Å². The highest BCUT2D eigenvalue weighted by atomic mass is 16.5. The van der Waals surface area contributed by atoms with E-state index in [0.29, 0.717) is 6.42 Å². The maximum atomic E-state index is 11.1. The van der Waals surface area contributed by atoms with E-state index in [9.17, 15) is 9.59 Å². The van der Waals surface area contributed by atoms with Gasteiger partial charge >= 0.3 is 11.9 Å². The van der Waals surface area contributed by atoms with Gasteiger partial charge in [-0.2, -0.15) is 0 Å². The number of ether oxygens (including phenoxy) is 1. The van der Waals surface area contributed by atoms with Gasteiger partial charge in [-0.05, 0) is 24.1 Å². The lowest BCUT2D eigenvalue weighted by Gasteiger charge is -2.08. The van der Waals surface area contributed by atoms with Crippen molar-refractivity contribution in [1.29, 1.82) is 1.43 Å². The molecule has 1 aromatic carbocycles. The van der Waals surface area contributed by atoms with Gasteiger partial charge in [0.1, 0.15) is 6.04 Å². The summed E-state index contributed by atoms with van der Waals surface area (Å²) in [5.74, 6) is -1.21. The number of carbonyl (C=O) groups is 2. The molecule has 0 aliphatic rings. The van der Waals surface area contributed by atoms with Crippen LogP contribution in [0, 0.1) is 0 Å². The van der Waals surface area contributed by atoms with Crippen molar-refractivity contribution >= 4 is 11.9 Å². The fraction of sp³-hybridized carbons (Fsp3) is 0.273. The molecule has 0 spiro atoms. The van der Waals surface area contributed by atoms with Crippen molar-refractivity contribution in [3.63, 3.8) is 0 Å². The van der Waals surface area contributed by atoms with Gasteiger partial charge in [0.15, 0.2) is 0 Å². The Bertz CT molecular complexity index is 404. The number of hydrogen-bond donors (Lipinski definition) is 2. The van der Waals surface area contributed by atoms with Gasteiger partial charge in [0.2, 0.25) is 0 Å². The lowest BCUT2D eigenvalue weighted by Crippen LogP contribution is -2.33. The second-order valence-corrected chi connectivity index (χ2v) is 3.32. The SMILES string of the molecule is [2H]OC(=O)c1ccc(C[C@H](N)C(=O)OC)cc1. The van der Waals surface area contributed by atoms with Crippen molar-refractivity contribution in [2.24, 2.45) is 5.73 Å². The number of methoxy groups -OCH3 is 1. The molecule has 0 unspecified atom stereocenters. The number of carboxylic acids is 1. The van der Waals surface area contributed by atoms with Crippen LogP contribution >= 0.6 is 0 Å². The summed E-state index contributed by atoms with van der Waals surface area (Å²) in [5, 5.41) is 3.83. The van der Waals surface area contributed by atoms with E-state index >= 15 is 0 Å². The number of benzene rings is 1. The Kier molecular flexibility index (Phi) is 3.50. The van der Waals surface area contributed by atoms with E-state index < -0.39 is 18.0 Å². The summed E-state index contributed by atoms with van der Waals surface area (Å²) in [4.78, 5) is 22.1. The van der Waals surface area contributed by atoms with Gasteiger partial charge in [0.25, 0.3) is 1.43 Å². The van der Waals surface area contributed by atoms with Crippen molar-refractivity contribution in [3.8, 4) is 0 Å². The second-order valence-electron chi connectivity index (χ2n) is 3.32. The minimum absolute atomic E-state index is 0.274. The topological polar surface area (TPSA) is 89.6 Å². The average Bonchev–Trinajstić information content (AvgIpc) is 2.37. The molecular weight excluding hydrogens is 210 g/mol. The van der Waals surface area contributed by atoms with Gasteiger partial charge in [-0.15, -0.1) is 0 Å². The summed E-state index contributed by atoms with van der Waals surface area (Å²) < 4.78 is 11.0. The van der Waals surface area contributed by atoms with Crippen LogP contribution in [-0.2, 0) is 16.0 Å². The van der Waals surface area contributed by atoms with Gasteiger partial charge in [0, 0.05) is 0 Å². The van der Waals surface area contributed by atoms with Gasteiger partial charge in [-0.25, -0.2) is 4.79 Å². The number of aromatic carboxylic acids is 1. The van der Waals surface area contributed by atoms with E-state index in [4.69, 9.17) is 7.16 Å². The maximum Gasteiger partial charge on any atom is 0.335 e. The van der Waals surface area contributed by atoms with Crippen LogP contribution in [0.5, 0.6) is 0 Å². The van der Waals surface area contributed by atoms with Crippen molar-refractivity contribution in [3.05, 3.63) is 35.4 Å². The Morgan fingerprint density at radius 2 is 2.12 bits per heavy atom. The first kappa shape index (κ1) is 10.6. The molecule has 1 aromatic rings. The van der Waals surface area contributed by atoms with Crippen LogP contribution in [0.15, 0.2) is 24.3 Å². The molecule has 0 heterocycles. The molecule has 0 saturated carbocycles. The van der Waals surface area contributed by atoms with Crippen LogP contribution in [0.2, 0.25) is 0 Å². The van der Waals surface area contributed by atoms with E-state index in [0.717, 1.165) is 5.56 Å². The number of nitrogens with two attached hydrogens (primary N) is 1. The quantitative estimate of drug-likeness (QED) is 0.724. The molecule has 0 fully saturated rings. The molecule has 0 aliphatic carbocycles.